The molecule has 0 spiro atoms. The first kappa shape index (κ1) is 20.0. The number of nitrogens with one attached hydrogen (secondary N) is 2. The van der Waals surface area contributed by atoms with Gasteiger partial charge in [0.15, 0.2) is 0 Å². The number of anilines is 1. The lowest BCUT2D eigenvalue weighted by Gasteiger charge is -2.06. The number of carbonyl (C=O) groups excluding carboxylic acids is 2. The Morgan fingerprint density at radius 3 is 2.63 bits per heavy atom. The van der Waals surface area contributed by atoms with E-state index in [2.05, 4.69) is 15.8 Å². The van der Waals surface area contributed by atoms with E-state index in [0.29, 0.717) is 18.0 Å². The fraction of sp³-hybridized carbons (Fsp3) is 0.250. The summed E-state index contributed by atoms with van der Waals surface area (Å²) in [6, 6.07) is 14.2. The largest absolute Gasteiger partial charge is 0.497 e. The number of methoxy groups -OCH3 is 1. The first-order valence-electron chi connectivity index (χ1n) is 8.59. The molecule has 142 valence electrons. The smallest absolute Gasteiger partial charge is 0.249 e. The van der Waals surface area contributed by atoms with E-state index in [1.807, 2.05) is 31.2 Å². The van der Waals surface area contributed by atoms with Crippen molar-refractivity contribution in [3.8, 4) is 11.5 Å². The van der Waals surface area contributed by atoms with Gasteiger partial charge in [0.05, 0.1) is 19.9 Å². The molecule has 2 amide bonds. The van der Waals surface area contributed by atoms with Crippen molar-refractivity contribution in [1.29, 1.82) is 0 Å². The highest BCUT2D eigenvalue weighted by atomic mass is 16.5. The Labute approximate surface area is 158 Å². The molecule has 2 aromatic carbocycles. The number of carbonyl (C=O) groups is 2. The van der Waals surface area contributed by atoms with Crippen LogP contribution >= 0.6 is 0 Å². The summed E-state index contributed by atoms with van der Waals surface area (Å²) >= 11 is 0. The van der Waals surface area contributed by atoms with Gasteiger partial charge in [-0.3, -0.25) is 9.59 Å². The maximum atomic E-state index is 11.9. The van der Waals surface area contributed by atoms with Crippen molar-refractivity contribution in [2.75, 3.05) is 19.0 Å². The first-order valence-corrected chi connectivity index (χ1v) is 8.59. The second-order valence-electron chi connectivity index (χ2n) is 5.67. The molecule has 2 aromatic rings. The van der Waals surface area contributed by atoms with Crippen molar-refractivity contribution < 1.29 is 19.1 Å². The molecule has 2 rings (SSSR count). The maximum Gasteiger partial charge on any atom is 0.249 e. The molecule has 27 heavy (non-hydrogen) atoms. The third-order valence-electron chi connectivity index (χ3n) is 3.41. The van der Waals surface area contributed by atoms with Crippen LogP contribution in [0.2, 0.25) is 0 Å². The van der Waals surface area contributed by atoms with Gasteiger partial charge in [0, 0.05) is 11.8 Å². The van der Waals surface area contributed by atoms with Crippen LogP contribution in [0.3, 0.4) is 0 Å². The normalized spacial score (nSPS) is 10.4. The molecule has 0 aliphatic rings. The van der Waals surface area contributed by atoms with Crippen molar-refractivity contribution in [2.24, 2.45) is 5.10 Å². The fourth-order valence-corrected chi connectivity index (χ4v) is 2.17. The second-order valence-corrected chi connectivity index (χ2v) is 5.67. The van der Waals surface area contributed by atoms with Gasteiger partial charge >= 0.3 is 0 Å². The summed E-state index contributed by atoms with van der Waals surface area (Å²) in [5.74, 6) is 0.410. The Morgan fingerprint density at radius 1 is 1.07 bits per heavy atom. The molecule has 0 saturated carbocycles. The molecule has 7 heteroatoms. The van der Waals surface area contributed by atoms with E-state index < -0.39 is 11.8 Å². The first-order chi connectivity index (χ1) is 13.1. The lowest BCUT2D eigenvalue weighted by Crippen LogP contribution is -2.24. The standard InChI is InChI=1S/C20H23N3O4/c1-3-10-27-18-9-4-6-15(11-18)14-21-23-20(25)13-19(24)22-16-7-5-8-17(12-16)26-2/h4-9,11-12,14H,3,10,13H2,1-2H3,(H,22,24)(H,23,25). The highest BCUT2D eigenvalue weighted by molar-refractivity contribution is 6.03. The van der Waals surface area contributed by atoms with Crippen LogP contribution in [-0.2, 0) is 9.59 Å². The molecule has 2 N–H and O–H groups in total. The lowest BCUT2D eigenvalue weighted by atomic mass is 10.2. The summed E-state index contributed by atoms with van der Waals surface area (Å²) in [4.78, 5) is 23.7. The fourth-order valence-electron chi connectivity index (χ4n) is 2.17. The number of hydrogen-bond acceptors (Lipinski definition) is 5. The third-order valence-corrected chi connectivity index (χ3v) is 3.41. The van der Waals surface area contributed by atoms with Crippen LogP contribution in [0.15, 0.2) is 53.6 Å². The molecule has 0 aromatic heterocycles. The minimum absolute atomic E-state index is 0.339. The Balaban J connectivity index is 1.81. The molecular weight excluding hydrogens is 346 g/mol. The third kappa shape index (κ3) is 7.19. The molecule has 0 heterocycles. The van der Waals surface area contributed by atoms with Gasteiger partial charge in [-0.05, 0) is 36.2 Å². The van der Waals surface area contributed by atoms with Gasteiger partial charge in [-0.25, -0.2) is 5.43 Å². The molecule has 0 aliphatic carbocycles. The van der Waals surface area contributed by atoms with Crippen molar-refractivity contribution >= 4 is 23.7 Å². The summed E-state index contributed by atoms with van der Waals surface area (Å²) in [7, 11) is 1.54. The predicted octanol–water partition coefficient (Wildman–Crippen LogP) is 2.96. The monoisotopic (exact) mass is 369 g/mol. The maximum absolute atomic E-state index is 11.9. The number of nitrogens with zero attached hydrogens (tertiary/aromatic N) is 1. The number of amides is 2. The summed E-state index contributed by atoms with van der Waals surface area (Å²) < 4.78 is 10.6. The van der Waals surface area contributed by atoms with Gasteiger partial charge in [-0.15, -0.1) is 0 Å². The van der Waals surface area contributed by atoms with Gasteiger partial charge in [0.2, 0.25) is 11.8 Å². The van der Waals surface area contributed by atoms with Crippen LogP contribution in [0, 0.1) is 0 Å². The highest BCUT2D eigenvalue weighted by Crippen LogP contribution is 2.16. The van der Waals surface area contributed by atoms with Crippen molar-refractivity contribution in [3.05, 3.63) is 54.1 Å². The van der Waals surface area contributed by atoms with E-state index in [-0.39, 0.29) is 6.42 Å². The minimum Gasteiger partial charge on any atom is -0.497 e. The Kier molecular flexibility index (Phi) is 7.84. The topological polar surface area (TPSA) is 89.0 Å². The van der Waals surface area contributed by atoms with Gasteiger partial charge < -0.3 is 14.8 Å². The second kappa shape index (κ2) is 10.6. The minimum atomic E-state index is -0.509. The molecule has 0 atom stereocenters. The van der Waals surface area contributed by atoms with Gasteiger partial charge in [-0.2, -0.15) is 5.10 Å². The van der Waals surface area contributed by atoms with Crippen molar-refractivity contribution in [2.45, 2.75) is 19.8 Å². The predicted molar refractivity (Wildman–Crippen MR) is 104 cm³/mol. The number of ether oxygens (including phenoxy) is 2. The average molecular weight is 369 g/mol. The van der Waals surface area contributed by atoms with E-state index in [9.17, 15) is 9.59 Å². The van der Waals surface area contributed by atoms with Gasteiger partial charge in [-0.1, -0.05) is 25.1 Å². The zero-order chi connectivity index (χ0) is 19.5. The summed E-state index contributed by atoms with van der Waals surface area (Å²) in [5, 5.41) is 6.50. The summed E-state index contributed by atoms with van der Waals surface area (Å²) in [5.41, 5.74) is 3.67. The zero-order valence-electron chi connectivity index (χ0n) is 15.4. The van der Waals surface area contributed by atoms with E-state index in [4.69, 9.17) is 9.47 Å². The Hall–Kier alpha value is -3.35. The SMILES string of the molecule is CCCOc1cccc(C=NNC(=O)CC(=O)Nc2cccc(OC)c2)c1. The van der Waals surface area contributed by atoms with E-state index >= 15 is 0 Å². The molecular formula is C20H23N3O4. The van der Waals surface area contributed by atoms with E-state index in [1.165, 1.54) is 13.3 Å². The zero-order valence-corrected chi connectivity index (χ0v) is 15.4. The summed E-state index contributed by atoms with van der Waals surface area (Å²) in [6.07, 6.45) is 2.08. The molecule has 0 radical (unpaired) electrons. The number of benzene rings is 2. The van der Waals surface area contributed by atoms with Crippen LogP contribution < -0.4 is 20.2 Å². The van der Waals surface area contributed by atoms with Crippen molar-refractivity contribution in [3.63, 3.8) is 0 Å². The number of hydrogen-bond donors (Lipinski definition) is 2. The molecule has 0 bridgehead atoms. The lowest BCUT2D eigenvalue weighted by molar-refractivity contribution is -0.126. The Bertz CT molecular complexity index is 805. The van der Waals surface area contributed by atoms with Crippen LogP contribution in [-0.4, -0.2) is 31.7 Å². The van der Waals surface area contributed by atoms with E-state index in [0.717, 1.165) is 17.7 Å². The van der Waals surface area contributed by atoms with Crippen LogP contribution in [0.5, 0.6) is 11.5 Å². The molecule has 0 aliphatic heterocycles. The molecule has 0 saturated heterocycles. The summed E-state index contributed by atoms with van der Waals surface area (Å²) in [6.45, 7) is 2.67. The van der Waals surface area contributed by atoms with Crippen LogP contribution in [0.1, 0.15) is 25.3 Å². The van der Waals surface area contributed by atoms with Crippen LogP contribution in [0.25, 0.3) is 0 Å². The Morgan fingerprint density at radius 2 is 1.85 bits per heavy atom. The number of hydrazone groups is 1. The quantitative estimate of drug-likeness (QED) is 0.404. The molecule has 0 unspecified atom stereocenters. The van der Waals surface area contributed by atoms with Gasteiger partial charge in [0.25, 0.3) is 0 Å². The van der Waals surface area contributed by atoms with Crippen molar-refractivity contribution in [1.82, 2.24) is 5.43 Å². The molecule has 7 nitrogen and oxygen atoms in total. The van der Waals surface area contributed by atoms with Crippen LogP contribution in [0.4, 0.5) is 5.69 Å². The average Bonchev–Trinajstić information content (AvgIpc) is 2.66. The van der Waals surface area contributed by atoms with Gasteiger partial charge in [0.1, 0.15) is 17.9 Å². The van der Waals surface area contributed by atoms with E-state index in [1.54, 1.807) is 24.3 Å². The number of rotatable bonds is 9. The highest BCUT2D eigenvalue weighted by Gasteiger charge is 2.09. The molecule has 0 fully saturated rings.